The highest BCUT2D eigenvalue weighted by Crippen LogP contribution is 2.12. The maximum atomic E-state index is 10.8. The number of carboxylic acids is 2. The summed E-state index contributed by atoms with van der Waals surface area (Å²) < 4.78 is 0. The van der Waals surface area contributed by atoms with Crippen molar-refractivity contribution in [3.8, 4) is 0 Å². The van der Waals surface area contributed by atoms with Crippen molar-refractivity contribution in [1.82, 2.24) is 0 Å². The fraction of sp³-hybridized carbons (Fsp3) is 0.765. The molecule has 4 nitrogen and oxygen atoms in total. The summed E-state index contributed by atoms with van der Waals surface area (Å²) in [6.07, 6.45) is 15.2. The molecular weight excluding hydrogens is 268 g/mol. The van der Waals surface area contributed by atoms with Crippen LogP contribution in [0.15, 0.2) is 12.2 Å². The second kappa shape index (κ2) is 13.7. The third-order valence-electron chi connectivity index (χ3n) is 3.55. The zero-order valence-electron chi connectivity index (χ0n) is 13.2. The Balaban J connectivity index is 3.53. The summed E-state index contributed by atoms with van der Waals surface area (Å²) in [5.74, 6) is -3.04. The Morgan fingerprint density at radius 3 is 1.90 bits per heavy atom. The molecule has 0 aromatic carbocycles. The maximum absolute atomic E-state index is 10.8. The third-order valence-corrected chi connectivity index (χ3v) is 3.55. The van der Waals surface area contributed by atoms with Crippen LogP contribution >= 0.6 is 0 Å². The molecule has 0 saturated carbocycles. The largest absolute Gasteiger partial charge is 0.481 e. The molecule has 0 aromatic rings. The monoisotopic (exact) mass is 298 g/mol. The van der Waals surface area contributed by atoms with Gasteiger partial charge in [0.25, 0.3) is 0 Å². The maximum Gasteiger partial charge on any atom is 0.310 e. The van der Waals surface area contributed by atoms with Crippen LogP contribution in [-0.4, -0.2) is 22.2 Å². The zero-order valence-corrected chi connectivity index (χ0v) is 13.2. The van der Waals surface area contributed by atoms with Gasteiger partial charge in [-0.3, -0.25) is 9.59 Å². The molecule has 0 spiro atoms. The molecule has 0 amide bonds. The van der Waals surface area contributed by atoms with Gasteiger partial charge in [0.2, 0.25) is 0 Å². The molecule has 0 aromatic heterocycles. The van der Waals surface area contributed by atoms with Gasteiger partial charge in [0, 0.05) is 0 Å². The molecule has 0 heterocycles. The number of rotatable bonds is 14. The molecule has 1 unspecified atom stereocenters. The summed E-state index contributed by atoms with van der Waals surface area (Å²) in [5.41, 5.74) is 0. The van der Waals surface area contributed by atoms with Gasteiger partial charge in [-0.25, -0.2) is 0 Å². The lowest BCUT2D eigenvalue weighted by Crippen LogP contribution is -2.15. The number of allylic oxidation sites excluding steroid dienone is 1. The molecule has 21 heavy (non-hydrogen) atoms. The quantitative estimate of drug-likeness (QED) is 0.362. The molecule has 0 radical (unpaired) electrons. The van der Waals surface area contributed by atoms with Crippen LogP contribution in [0.25, 0.3) is 0 Å². The average molecular weight is 298 g/mol. The summed E-state index contributed by atoms with van der Waals surface area (Å²) in [7, 11) is 0. The first kappa shape index (κ1) is 19.7. The summed E-state index contributed by atoms with van der Waals surface area (Å²) in [6, 6.07) is 0. The number of unbranched alkanes of at least 4 members (excludes halogenated alkanes) is 9. The van der Waals surface area contributed by atoms with Gasteiger partial charge in [-0.1, -0.05) is 70.4 Å². The minimum Gasteiger partial charge on any atom is -0.481 e. The highest BCUT2D eigenvalue weighted by Gasteiger charge is 2.17. The lowest BCUT2D eigenvalue weighted by Gasteiger charge is -2.03. The minimum atomic E-state index is -1.07. The summed E-state index contributed by atoms with van der Waals surface area (Å²) >= 11 is 0. The van der Waals surface area contributed by atoms with Crippen LogP contribution in [0.1, 0.15) is 77.6 Å². The highest BCUT2D eigenvalue weighted by molar-refractivity contribution is 5.79. The van der Waals surface area contributed by atoms with E-state index in [2.05, 4.69) is 6.92 Å². The Labute approximate surface area is 128 Å². The van der Waals surface area contributed by atoms with E-state index in [0.717, 1.165) is 19.3 Å². The van der Waals surface area contributed by atoms with E-state index in [1.165, 1.54) is 51.0 Å². The lowest BCUT2D eigenvalue weighted by atomic mass is 10.0. The molecule has 0 aliphatic heterocycles. The molecule has 1 atom stereocenters. The second-order valence-electron chi connectivity index (χ2n) is 5.59. The van der Waals surface area contributed by atoms with Crippen molar-refractivity contribution in [2.45, 2.75) is 77.6 Å². The number of carbonyl (C=O) groups is 2. The Hall–Kier alpha value is -1.32. The average Bonchev–Trinajstić information content (AvgIpc) is 2.42. The van der Waals surface area contributed by atoms with Gasteiger partial charge in [-0.2, -0.15) is 0 Å². The van der Waals surface area contributed by atoms with E-state index in [1.54, 1.807) is 0 Å². The molecule has 0 fully saturated rings. The van der Waals surface area contributed by atoms with Gasteiger partial charge in [-0.05, 0) is 12.8 Å². The van der Waals surface area contributed by atoms with Crippen molar-refractivity contribution in [3.63, 3.8) is 0 Å². The number of hydrogen-bond donors (Lipinski definition) is 2. The smallest absolute Gasteiger partial charge is 0.310 e. The van der Waals surface area contributed by atoms with E-state index in [0.29, 0.717) is 0 Å². The zero-order chi connectivity index (χ0) is 15.9. The lowest BCUT2D eigenvalue weighted by molar-refractivity contribution is -0.146. The first-order chi connectivity index (χ1) is 10.1. The fourth-order valence-electron chi connectivity index (χ4n) is 2.26. The van der Waals surface area contributed by atoms with Crippen molar-refractivity contribution in [3.05, 3.63) is 12.2 Å². The van der Waals surface area contributed by atoms with Crippen LogP contribution < -0.4 is 0 Å². The number of hydrogen-bond acceptors (Lipinski definition) is 2. The Bertz CT molecular complexity index is 310. The third kappa shape index (κ3) is 13.4. The van der Waals surface area contributed by atoms with Crippen molar-refractivity contribution in [2.75, 3.05) is 0 Å². The van der Waals surface area contributed by atoms with Crippen LogP contribution in [0.3, 0.4) is 0 Å². The van der Waals surface area contributed by atoms with Crippen LogP contribution in [0.2, 0.25) is 0 Å². The molecular formula is C17H30O4. The van der Waals surface area contributed by atoms with Crippen molar-refractivity contribution >= 4 is 11.9 Å². The predicted octanol–water partition coefficient (Wildman–Crippen LogP) is 4.64. The predicted molar refractivity (Wildman–Crippen MR) is 84.4 cm³/mol. The summed E-state index contributed by atoms with van der Waals surface area (Å²) in [5, 5.41) is 17.5. The summed E-state index contributed by atoms with van der Waals surface area (Å²) in [6.45, 7) is 2.22. The topological polar surface area (TPSA) is 74.6 Å². The first-order valence-electron chi connectivity index (χ1n) is 8.19. The van der Waals surface area contributed by atoms with Crippen molar-refractivity contribution in [2.24, 2.45) is 5.92 Å². The Kier molecular flexibility index (Phi) is 12.8. The Morgan fingerprint density at radius 1 is 0.905 bits per heavy atom. The summed E-state index contributed by atoms with van der Waals surface area (Å²) in [4.78, 5) is 21.4. The molecule has 4 heteroatoms. The molecule has 0 aliphatic carbocycles. The number of aliphatic carboxylic acids is 2. The highest BCUT2D eigenvalue weighted by atomic mass is 16.4. The van der Waals surface area contributed by atoms with E-state index in [9.17, 15) is 9.59 Å². The van der Waals surface area contributed by atoms with Crippen molar-refractivity contribution < 1.29 is 19.8 Å². The molecule has 2 N–H and O–H groups in total. The second-order valence-corrected chi connectivity index (χ2v) is 5.59. The van der Waals surface area contributed by atoms with Crippen LogP contribution in [-0.2, 0) is 9.59 Å². The van der Waals surface area contributed by atoms with Gasteiger partial charge >= 0.3 is 11.9 Å². The van der Waals surface area contributed by atoms with E-state index in [1.807, 2.05) is 6.08 Å². The van der Waals surface area contributed by atoms with Gasteiger partial charge in [0.1, 0.15) is 0 Å². The SMILES string of the molecule is CCCCCCCCCCCC=CC(CC(=O)O)C(=O)O. The molecule has 0 rings (SSSR count). The van der Waals surface area contributed by atoms with E-state index >= 15 is 0 Å². The van der Waals surface area contributed by atoms with E-state index in [-0.39, 0.29) is 6.42 Å². The van der Waals surface area contributed by atoms with Gasteiger partial charge in [0.15, 0.2) is 0 Å². The van der Waals surface area contributed by atoms with Crippen molar-refractivity contribution in [1.29, 1.82) is 0 Å². The Morgan fingerprint density at radius 2 is 1.43 bits per heavy atom. The minimum absolute atomic E-state index is 0.344. The van der Waals surface area contributed by atoms with Crippen LogP contribution in [0.4, 0.5) is 0 Å². The molecule has 0 saturated heterocycles. The van der Waals surface area contributed by atoms with Gasteiger partial charge < -0.3 is 10.2 Å². The number of carboxylic acid groups (broad SMARTS) is 2. The molecule has 0 bridgehead atoms. The fourth-order valence-corrected chi connectivity index (χ4v) is 2.26. The normalized spacial score (nSPS) is 12.6. The standard InChI is InChI=1S/C17H30O4/c1-2-3-4-5-6-7-8-9-10-11-12-13-15(17(20)21)14-16(18)19/h12-13,15H,2-11,14H2,1H3,(H,18,19)(H,20,21). The van der Waals surface area contributed by atoms with E-state index < -0.39 is 17.9 Å². The van der Waals surface area contributed by atoms with Crippen LogP contribution in [0, 0.1) is 5.92 Å². The van der Waals surface area contributed by atoms with Crippen LogP contribution in [0.5, 0.6) is 0 Å². The van der Waals surface area contributed by atoms with E-state index in [4.69, 9.17) is 10.2 Å². The molecule has 0 aliphatic rings. The van der Waals surface area contributed by atoms with Gasteiger partial charge in [-0.15, -0.1) is 0 Å². The molecule has 122 valence electrons. The van der Waals surface area contributed by atoms with Gasteiger partial charge in [0.05, 0.1) is 12.3 Å². The first-order valence-corrected chi connectivity index (χ1v) is 8.19.